The highest BCUT2D eigenvalue weighted by Crippen LogP contribution is 2.48. The van der Waals surface area contributed by atoms with E-state index >= 15 is 0 Å². The van der Waals surface area contributed by atoms with E-state index < -0.39 is 35.9 Å². The van der Waals surface area contributed by atoms with Gasteiger partial charge in [-0.3, -0.25) is 24.4 Å². The molecule has 1 saturated heterocycles. The number of halogens is 3. The zero-order valence-electron chi connectivity index (χ0n) is 25.7. The molecule has 3 heterocycles. The van der Waals surface area contributed by atoms with Crippen molar-refractivity contribution in [2.75, 3.05) is 57.1 Å². The third kappa shape index (κ3) is 5.90. The Morgan fingerprint density at radius 3 is 2.35 bits per heavy atom. The van der Waals surface area contributed by atoms with E-state index in [1.165, 1.54) is 20.1 Å². The Kier molecular flexibility index (Phi) is 8.43. The molecular weight excluding hydrogens is 599 g/mol. The van der Waals surface area contributed by atoms with Gasteiger partial charge in [0.1, 0.15) is 12.0 Å². The Morgan fingerprint density at radius 2 is 1.67 bits per heavy atom. The number of carbonyl (C=O) groups excluding carboxylic acids is 3. The van der Waals surface area contributed by atoms with E-state index in [1.54, 1.807) is 42.5 Å². The van der Waals surface area contributed by atoms with Crippen molar-refractivity contribution in [2.45, 2.75) is 31.0 Å². The summed E-state index contributed by atoms with van der Waals surface area (Å²) in [4.78, 5) is 48.8. The fourth-order valence-electron chi connectivity index (χ4n) is 6.55. The van der Waals surface area contributed by atoms with Crippen LogP contribution in [0.2, 0.25) is 0 Å². The van der Waals surface area contributed by atoms with Gasteiger partial charge in [0.05, 0.1) is 30.6 Å². The summed E-state index contributed by atoms with van der Waals surface area (Å²) in [6.45, 7) is 4.07. The molecule has 0 saturated carbocycles. The molecule has 3 aliphatic heterocycles. The fourth-order valence-corrected chi connectivity index (χ4v) is 6.55. The van der Waals surface area contributed by atoms with Gasteiger partial charge in [0.2, 0.25) is 11.8 Å². The highest BCUT2D eigenvalue weighted by molar-refractivity contribution is 6.24. The summed E-state index contributed by atoms with van der Waals surface area (Å²) in [6, 6.07) is 16.5. The van der Waals surface area contributed by atoms with Crippen LogP contribution in [0.25, 0.3) is 0 Å². The average molecular weight is 634 g/mol. The molecule has 2 amide bonds. The Labute approximate surface area is 264 Å². The largest absolute Gasteiger partial charge is 0.465 e. The molecule has 0 bridgehead atoms. The SMILES string of the molecule is COC(=O)c1ccc2c(c1)NC(=O)C2C(=Nc1ccc2c(c1)C(C)C(C(F)(F)F)N2C(=O)CN1CCN(C)CC1)c1ccccc1. The minimum absolute atomic E-state index is 0.0987. The molecule has 0 spiro atoms. The molecule has 9 nitrogen and oxygen atoms in total. The molecule has 0 aromatic heterocycles. The number of ether oxygens (including phenoxy) is 1. The lowest BCUT2D eigenvalue weighted by Gasteiger charge is -2.35. The summed E-state index contributed by atoms with van der Waals surface area (Å²) in [6.07, 6.45) is -4.65. The monoisotopic (exact) mass is 633 g/mol. The van der Waals surface area contributed by atoms with Crippen molar-refractivity contribution in [3.8, 4) is 0 Å². The van der Waals surface area contributed by atoms with Crippen LogP contribution in [0.15, 0.2) is 71.7 Å². The predicted molar refractivity (Wildman–Crippen MR) is 168 cm³/mol. The number of anilines is 2. The Morgan fingerprint density at radius 1 is 0.957 bits per heavy atom. The second kappa shape index (κ2) is 12.3. The van der Waals surface area contributed by atoms with E-state index in [9.17, 15) is 27.6 Å². The van der Waals surface area contributed by atoms with Crippen LogP contribution in [0, 0.1) is 0 Å². The van der Waals surface area contributed by atoms with E-state index in [0.29, 0.717) is 46.9 Å². The van der Waals surface area contributed by atoms with Crippen LogP contribution in [-0.2, 0) is 14.3 Å². The number of fused-ring (bicyclic) bond motifs is 2. The molecule has 1 fully saturated rings. The number of hydrogen-bond donors (Lipinski definition) is 1. The van der Waals surface area contributed by atoms with E-state index in [-0.39, 0.29) is 23.7 Å². The van der Waals surface area contributed by atoms with Gasteiger partial charge in [-0.1, -0.05) is 43.3 Å². The van der Waals surface area contributed by atoms with Crippen molar-refractivity contribution in [2.24, 2.45) is 4.99 Å². The first-order valence-corrected chi connectivity index (χ1v) is 15.1. The second-order valence-corrected chi connectivity index (χ2v) is 11.9. The number of hydrogen-bond acceptors (Lipinski definition) is 7. The van der Waals surface area contributed by atoms with Gasteiger partial charge >= 0.3 is 12.1 Å². The summed E-state index contributed by atoms with van der Waals surface area (Å²) in [5.41, 5.74) is 3.31. The quantitative estimate of drug-likeness (QED) is 0.305. The number of rotatable bonds is 6. The molecule has 3 atom stereocenters. The van der Waals surface area contributed by atoms with Gasteiger partial charge in [0.15, 0.2) is 0 Å². The summed E-state index contributed by atoms with van der Waals surface area (Å²) in [5, 5.41) is 2.82. The molecule has 46 heavy (non-hydrogen) atoms. The summed E-state index contributed by atoms with van der Waals surface area (Å²) in [5.74, 6) is -3.37. The van der Waals surface area contributed by atoms with Gasteiger partial charge < -0.3 is 15.0 Å². The van der Waals surface area contributed by atoms with Crippen LogP contribution in [0.4, 0.5) is 30.2 Å². The minimum Gasteiger partial charge on any atom is -0.465 e. The van der Waals surface area contributed by atoms with Crippen molar-refractivity contribution in [3.63, 3.8) is 0 Å². The third-order valence-electron chi connectivity index (χ3n) is 8.97. The summed E-state index contributed by atoms with van der Waals surface area (Å²) in [7, 11) is 3.24. The Bertz CT molecular complexity index is 1700. The molecular formula is C34H34F3N5O4. The van der Waals surface area contributed by atoms with Crippen molar-refractivity contribution in [1.82, 2.24) is 9.80 Å². The standard InChI is InChI=1S/C34H34F3N5O4/c1-20-25-18-23(10-12-27(25)42(31(20)34(35,36)37)28(43)19-41-15-13-40(2)14-16-41)38-30(21-7-5-4-6-8-21)29-24-11-9-22(33(45)46-3)17-26(24)39-32(29)44/h4-12,17-18,20,29,31H,13-16,19H2,1-3H3,(H,39,44). The lowest BCUT2D eigenvalue weighted by molar-refractivity contribution is -0.156. The number of likely N-dealkylation sites (N-methyl/N-ethyl adjacent to an activating group) is 1. The van der Waals surface area contributed by atoms with Gasteiger partial charge in [-0.25, -0.2) is 4.79 Å². The first-order valence-electron chi connectivity index (χ1n) is 15.1. The summed E-state index contributed by atoms with van der Waals surface area (Å²) < 4.78 is 48.4. The smallest absolute Gasteiger partial charge is 0.409 e. The van der Waals surface area contributed by atoms with Gasteiger partial charge in [0.25, 0.3) is 0 Å². The van der Waals surface area contributed by atoms with Crippen molar-refractivity contribution < 1.29 is 32.3 Å². The van der Waals surface area contributed by atoms with Crippen molar-refractivity contribution in [1.29, 1.82) is 0 Å². The van der Waals surface area contributed by atoms with E-state index in [4.69, 9.17) is 9.73 Å². The van der Waals surface area contributed by atoms with Gasteiger partial charge in [-0.15, -0.1) is 0 Å². The first-order chi connectivity index (χ1) is 22.0. The maximum absolute atomic E-state index is 14.5. The third-order valence-corrected chi connectivity index (χ3v) is 8.97. The fraction of sp³-hybridized carbons (Fsp3) is 0.353. The number of nitrogens with one attached hydrogen (secondary N) is 1. The minimum atomic E-state index is -4.65. The number of piperazine rings is 1. The van der Waals surface area contributed by atoms with Crippen LogP contribution in [-0.4, -0.2) is 92.4 Å². The molecule has 3 unspecified atom stereocenters. The number of nitrogens with zero attached hydrogens (tertiary/aromatic N) is 4. The number of methoxy groups -OCH3 is 1. The molecule has 3 aromatic carbocycles. The summed E-state index contributed by atoms with van der Waals surface area (Å²) >= 11 is 0. The lowest BCUT2D eigenvalue weighted by atomic mass is 9.90. The van der Waals surface area contributed by atoms with E-state index in [0.717, 1.165) is 18.0 Å². The second-order valence-electron chi connectivity index (χ2n) is 11.9. The zero-order chi connectivity index (χ0) is 32.7. The normalized spacial score (nSPS) is 22.0. The Hall–Kier alpha value is -4.55. The molecule has 12 heteroatoms. The molecule has 240 valence electrons. The van der Waals surface area contributed by atoms with Crippen LogP contribution >= 0.6 is 0 Å². The number of carbonyl (C=O) groups is 3. The number of esters is 1. The molecule has 0 aliphatic carbocycles. The van der Waals surface area contributed by atoms with Crippen LogP contribution in [0.1, 0.15) is 45.8 Å². The Balaban J connectivity index is 1.39. The molecule has 3 aliphatic rings. The number of amides is 2. The van der Waals surface area contributed by atoms with Gasteiger partial charge in [0, 0.05) is 43.5 Å². The lowest BCUT2D eigenvalue weighted by Crippen LogP contribution is -2.53. The highest BCUT2D eigenvalue weighted by atomic mass is 19.4. The molecule has 6 rings (SSSR count). The van der Waals surface area contributed by atoms with Crippen LogP contribution < -0.4 is 10.2 Å². The molecule has 1 N–H and O–H groups in total. The molecule has 0 radical (unpaired) electrons. The number of alkyl halides is 3. The first kappa shape index (κ1) is 31.4. The zero-order valence-corrected chi connectivity index (χ0v) is 25.7. The molecule has 3 aromatic rings. The van der Waals surface area contributed by atoms with Crippen molar-refractivity contribution >= 4 is 40.6 Å². The topological polar surface area (TPSA) is 94.5 Å². The maximum Gasteiger partial charge on any atom is 0.409 e. The van der Waals surface area contributed by atoms with E-state index in [1.807, 2.05) is 30.1 Å². The average Bonchev–Trinajstić information content (AvgIpc) is 3.53. The van der Waals surface area contributed by atoms with Crippen LogP contribution in [0.3, 0.4) is 0 Å². The van der Waals surface area contributed by atoms with Crippen molar-refractivity contribution in [3.05, 3.63) is 89.0 Å². The highest BCUT2D eigenvalue weighted by Gasteiger charge is 2.54. The van der Waals surface area contributed by atoms with Gasteiger partial charge in [-0.2, -0.15) is 13.2 Å². The van der Waals surface area contributed by atoms with Gasteiger partial charge in [-0.05, 0) is 54.1 Å². The predicted octanol–water partition coefficient (Wildman–Crippen LogP) is 4.96. The van der Waals surface area contributed by atoms with E-state index in [2.05, 4.69) is 10.2 Å². The van der Waals surface area contributed by atoms with Crippen LogP contribution in [0.5, 0.6) is 0 Å². The maximum atomic E-state index is 14.5. The number of aliphatic imine (C=N–C) groups is 1. The number of benzene rings is 3.